The van der Waals surface area contributed by atoms with Gasteiger partial charge in [-0.15, -0.1) is 0 Å². The summed E-state index contributed by atoms with van der Waals surface area (Å²) < 4.78 is 82.3. The van der Waals surface area contributed by atoms with E-state index in [2.05, 4.69) is 11.1 Å². The van der Waals surface area contributed by atoms with E-state index < -0.39 is 23.5 Å². The topological polar surface area (TPSA) is 41.6 Å². The lowest BCUT2D eigenvalue weighted by Crippen LogP contribution is -2.04. The van der Waals surface area contributed by atoms with Crippen LogP contribution in [0, 0.1) is 18.3 Å². The third-order valence-electron chi connectivity index (χ3n) is 6.11. The molecule has 3 nitrogen and oxygen atoms in total. The maximum absolute atomic E-state index is 13.5. The zero-order chi connectivity index (χ0) is 25.8. The van der Waals surface area contributed by atoms with Crippen molar-refractivity contribution in [2.24, 2.45) is 0 Å². The number of aromatic nitrogens is 2. The molecule has 5 aromatic rings. The van der Waals surface area contributed by atoms with Crippen LogP contribution in [0.25, 0.3) is 38.6 Å². The van der Waals surface area contributed by atoms with Gasteiger partial charge in [-0.3, -0.25) is 4.98 Å². The number of fused-ring (bicyclic) bond motifs is 3. The fourth-order valence-electron chi connectivity index (χ4n) is 4.44. The number of hydrogen-bond acceptors (Lipinski definition) is 2. The van der Waals surface area contributed by atoms with Crippen molar-refractivity contribution in [1.82, 2.24) is 9.55 Å². The van der Waals surface area contributed by atoms with E-state index in [4.69, 9.17) is 0 Å². The van der Waals surface area contributed by atoms with E-state index in [1.165, 1.54) is 12.1 Å². The predicted octanol–water partition coefficient (Wildman–Crippen LogP) is 8.06. The van der Waals surface area contributed by atoms with Gasteiger partial charge in [0.1, 0.15) is 0 Å². The Balaban J connectivity index is 1.85. The molecule has 0 bridgehead atoms. The van der Waals surface area contributed by atoms with Crippen molar-refractivity contribution in [2.75, 3.05) is 0 Å². The lowest BCUT2D eigenvalue weighted by molar-refractivity contribution is -0.138. The molecule has 2 aromatic heterocycles. The maximum atomic E-state index is 13.5. The van der Waals surface area contributed by atoms with Crippen LogP contribution in [0.2, 0.25) is 0 Å². The smallest absolute Gasteiger partial charge is 0.309 e. The number of halogens is 6. The Morgan fingerprint density at radius 2 is 1.28 bits per heavy atom. The van der Waals surface area contributed by atoms with Crippen LogP contribution in [0.3, 0.4) is 0 Å². The minimum Gasteiger partial charge on any atom is -0.309 e. The van der Waals surface area contributed by atoms with Gasteiger partial charge in [-0.25, -0.2) is 0 Å². The number of aryl methyl sites for hydroxylation is 1. The van der Waals surface area contributed by atoms with Gasteiger partial charge in [0.05, 0.1) is 39.5 Å². The van der Waals surface area contributed by atoms with Crippen molar-refractivity contribution in [3.05, 3.63) is 95.3 Å². The number of pyridine rings is 1. The zero-order valence-electron chi connectivity index (χ0n) is 18.5. The first-order valence-electron chi connectivity index (χ1n) is 10.7. The highest BCUT2D eigenvalue weighted by atomic mass is 19.4. The highest BCUT2D eigenvalue weighted by Gasteiger charge is 2.33. The average molecular weight is 495 g/mol. The van der Waals surface area contributed by atoms with Crippen LogP contribution in [0.15, 0.2) is 73.1 Å². The first kappa shape index (κ1) is 23.4. The van der Waals surface area contributed by atoms with Crippen LogP contribution >= 0.6 is 0 Å². The van der Waals surface area contributed by atoms with Crippen LogP contribution in [-0.2, 0) is 12.4 Å². The van der Waals surface area contributed by atoms with Crippen LogP contribution in [0.5, 0.6) is 0 Å². The number of hydrogen-bond donors (Lipinski definition) is 0. The van der Waals surface area contributed by atoms with Gasteiger partial charge in [-0.2, -0.15) is 31.6 Å². The van der Waals surface area contributed by atoms with Crippen molar-refractivity contribution < 1.29 is 26.3 Å². The lowest BCUT2D eigenvalue weighted by Gasteiger charge is -2.15. The van der Waals surface area contributed by atoms with Crippen molar-refractivity contribution >= 4 is 21.8 Å². The summed E-state index contributed by atoms with van der Waals surface area (Å²) in [7, 11) is 0. The molecule has 5 rings (SSSR count). The van der Waals surface area contributed by atoms with Crippen molar-refractivity contribution in [1.29, 1.82) is 5.26 Å². The van der Waals surface area contributed by atoms with Crippen LogP contribution in [0.1, 0.15) is 22.3 Å². The Kier molecular flexibility index (Phi) is 5.29. The van der Waals surface area contributed by atoms with Gasteiger partial charge in [0.15, 0.2) is 0 Å². The summed E-state index contributed by atoms with van der Waals surface area (Å²) in [4.78, 5) is 3.98. The molecule has 0 atom stereocenters. The third-order valence-corrected chi connectivity index (χ3v) is 6.11. The molecular weight excluding hydrogens is 480 g/mol. The predicted molar refractivity (Wildman–Crippen MR) is 123 cm³/mol. The van der Waals surface area contributed by atoms with Gasteiger partial charge >= 0.3 is 12.4 Å². The number of rotatable bonds is 2. The number of nitrogens with zero attached hydrogens (tertiary/aromatic N) is 3. The summed E-state index contributed by atoms with van der Waals surface area (Å²) in [6.45, 7) is 1.77. The Morgan fingerprint density at radius 1 is 0.750 bits per heavy atom. The van der Waals surface area contributed by atoms with Gasteiger partial charge in [0.25, 0.3) is 0 Å². The quantitative estimate of drug-likeness (QED) is 0.233. The van der Waals surface area contributed by atoms with Crippen molar-refractivity contribution in [3.8, 4) is 22.9 Å². The number of nitriles is 1. The lowest BCUT2D eigenvalue weighted by atomic mass is 9.97. The molecule has 0 radical (unpaired) electrons. The summed E-state index contributed by atoms with van der Waals surface area (Å²) in [6.07, 6.45) is -6.16. The molecule has 3 aromatic carbocycles. The molecular formula is C27H15F6N3. The summed E-state index contributed by atoms with van der Waals surface area (Å²) in [6, 6.07) is 15.0. The molecule has 0 aliphatic rings. The molecule has 0 aliphatic heterocycles. The molecule has 0 aliphatic carbocycles. The minimum atomic E-state index is -4.67. The van der Waals surface area contributed by atoms with Crippen molar-refractivity contribution in [2.45, 2.75) is 19.3 Å². The molecule has 0 amide bonds. The SMILES string of the molecule is Cc1cc(-c2ccncc2)c(C#N)cc1-n1c2ccc(C(F)(F)F)cc2c2cc(C(F)(F)F)ccc21. The van der Waals surface area contributed by atoms with Gasteiger partial charge in [-0.1, -0.05) is 0 Å². The van der Waals surface area contributed by atoms with Crippen molar-refractivity contribution in [3.63, 3.8) is 0 Å². The second-order valence-electron chi connectivity index (χ2n) is 8.33. The first-order valence-corrected chi connectivity index (χ1v) is 10.7. The molecule has 9 heteroatoms. The summed E-state index contributed by atoms with van der Waals surface area (Å²) >= 11 is 0. The highest BCUT2D eigenvalue weighted by Crippen LogP contribution is 2.41. The van der Waals surface area contributed by atoms with Crippen LogP contribution in [0.4, 0.5) is 26.3 Å². The zero-order valence-corrected chi connectivity index (χ0v) is 18.5. The monoisotopic (exact) mass is 495 g/mol. The Morgan fingerprint density at radius 3 is 1.75 bits per heavy atom. The largest absolute Gasteiger partial charge is 0.416 e. The van der Waals surface area contributed by atoms with Gasteiger partial charge in [0, 0.05) is 23.2 Å². The van der Waals surface area contributed by atoms with E-state index >= 15 is 0 Å². The van der Waals surface area contributed by atoms with Gasteiger partial charge < -0.3 is 4.57 Å². The fourth-order valence-corrected chi connectivity index (χ4v) is 4.44. The molecule has 180 valence electrons. The third kappa shape index (κ3) is 3.85. The number of alkyl halides is 6. The standard InChI is InChI=1S/C27H15F6N3/c1-15-10-20(16-6-8-35-9-7-16)17(14-34)11-25(15)36-23-4-2-18(26(28,29)30)12-21(23)22-13-19(27(31,32)33)3-5-24(22)36/h2-13H,1H3. The Labute approximate surface area is 200 Å². The maximum Gasteiger partial charge on any atom is 0.416 e. The molecule has 0 N–H and O–H groups in total. The molecule has 0 saturated carbocycles. The fraction of sp³-hybridized carbons (Fsp3) is 0.111. The van der Waals surface area contributed by atoms with E-state index in [-0.39, 0.29) is 10.8 Å². The van der Waals surface area contributed by atoms with E-state index in [0.717, 1.165) is 29.8 Å². The van der Waals surface area contributed by atoms with E-state index in [1.54, 1.807) is 48.1 Å². The van der Waals surface area contributed by atoms with Gasteiger partial charge in [0.2, 0.25) is 0 Å². The first-order chi connectivity index (χ1) is 17.0. The summed E-state index contributed by atoms with van der Waals surface area (Å²) in [5, 5.41) is 9.91. The summed E-state index contributed by atoms with van der Waals surface area (Å²) in [5.41, 5.74) is 1.51. The average Bonchev–Trinajstić information content (AvgIpc) is 3.16. The second kappa shape index (κ2) is 8.12. The highest BCUT2D eigenvalue weighted by molar-refractivity contribution is 6.10. The molecule has 2 heterocycles. The molecule has 0 unspecified atom stereocenters. The Bertz CT molecular complexity index is 1600. The van der Waals surface area contributed by atoms with Gasteiger partial charge in [-0.05, 0) is 84.3 Å². The van der Waals surface area contributed by atoms with E-state index in [1.807, 2.05) is 0 Å². The molecule has 0 fully saturated rings. The van der Waals surface area contributed by atoms with Crippen LogP contribution in [-0.4, -0.2) is 9.55 Å². The molecule has 36 heavy (non-hydrogen) atoms. The van der Waals surface area contributed by atoms with E-state index in [9.17, 15) is 31.6 Å². The normalized spacial score (nSPS) is 12.3. The molecule has 0 saturated heterocycles. The number of benzene rings is 3. The Hall–Kier alpha value is -4.32. The minimum absolute atomic E-state index is 0.0297. The summed E-state index contributed by atoms with van der Waals surface area (Å²) in [5.74, 6) is 0. The second-order valence-corrected chi connectivity index (χ2v) is 8.33. The van der Waals surface area contributed by atoms with E-state index in [0.29, 0.717) is 33.4 Å². The van der Waals surface area contributed by atoms with Crippen LogP contribution < -0.4 is 0 Å². The molecule has 0 spiro atoms.